The molecule has 2 aromatic rings. The van der Waals surface area contributed by atoms with Crippen molar-refractivity contribution in [1.29, 1.82) is 0 Å². The van der Waals surface area contributed by atoms with Gasteiger partial charge in [0.1, 0.15) is 11.9 Å². The number of ether oxygens (including phenoxy) is 1. The molecule has 0 bridgehead atoms. The lowest BCUT2D eigenvalue weighted by molar-refractivity contribution is -0.126. The summed E-state index contributed by atoms with van der Waals surface area (Å²) >= 11 is 5.91. The van der Waals surface area contributed by atoms with Gasteiger partial charge in [-0.05, 0) is 31.9 Å². The highest BCUT2D eigenvalue weighted by atomic mass is 35.5. The molecule has 6 nitrogen and oxygen atoms in total. The number of hydrogen-bond donors (Lipinski definition) is 2. The lowest BCUT2D eigenvalue weighted by Gasteiger charge is -2.12. The van der Waals surface area contributed by atoms with E-state index in [0.717, 1.165) is 12.0 Å². The molecule has 2 N–H and O–H groups in total. The fourth-order valence-corrected chi connectivity index (χ4v) is 2.87. The third-order valence-corrected chi connectivity index (χ3v) is 4.26. The summed E-state index contributed by atoms with van der Waals surface area (Å²) in [5.74, 6) is 0.364. The topological polar surface area (TPSA) is 76.4 Å². The Kier molecular flexibility index (Phi) is 5.18. The van der Waals surface area contributed by atoms with Crippen molar-refractivity contribution in [2.24, 2.45) is 0 Å². The van der Waals surface area contributed by atoms with Gasteiger partial charge < -0.3 is 15.2 Å². The van der Waals surface area contributed by atoms with Crippen LogP contribution in [0.4, 0.5) is 5.82 Å². The second kappa shape index (κ2) is 7.34. The molecule has 1 aromatic heterocycles. The first-order valence-corrected chi connectivity index (χ1v) is 8.35. The van der Waals surface area contributed by atoms with E-state index in [4.69, 9.17) is 16.3 Å². The molecule has 2 atom stereocenters. The van der Waals surface area contributed by atoms with Crippen molar-refractivity contribution in [3.63, 3.8) is 0 Å². The number of rotatable bonds is 5. The van der Waals surface area contributed by atoms with Crippen molar-refractivity contribution in [1.82, 2.24) is 9.78 Å². The molecule has 1 aliphatic heterocycles. The van der Waals surface area contributed by atoms with Crippen LogP contribution in [-0.4, -0.2) is 39.6 Å². The van der Waals surface area contributed by atoms with E-state index in [9.17, 15) is 9.90 Å². The largest absolute Gasteiger partial charge is 0.394 e. The number of aliphatic hydroxyl groups excluding tert-OH is 1. The van der Waals surface area contributed by atoms with E-state index in [1.165, 1.54) is 0 Å². The Morgan fingerprint density at radius 2 is 2.17 bits per heavy atom. The molecule has 0 spiro atoms. The normalized spacial score (nSPS) is 20.3. The molecule has 1 aromatic carbocycles. The molecule has 1 fully saturated rings. The second-order valence-corrected chi connectivity index (χ2v) is 6.31. The van der Waals surface area contributed by atoms with Crippen molar-refractivity contribution < 1.29 is 14.6 Å². The highest BCUT2D eigenvalue weighted by Crippen LogP contribution is 2.25. The van der Waals surface area contributed by atoms with Gasteiger partial charge in [-0.2, -0.15) is 5.10 Å². The van der Waals surface area contributed by atoms with Crippen molar-refractivity contribution in [2.45, 2.75) is 38.5 Å². The van der Waals surface area contributed by atoms with Gasteiger partial charge in [-0.1, -0.05) is 23.7 Å². The molecule has 1 amide bonds. The predicted molar refractivity (Wildman–Crippen MR) is 92.0 cm³/mol. The maximum atomic E-state index is 12.4. The van der Waals surface area contributed by atoms with Crippen LogP contribution >= 0.6 is 11.6 Å². The van der Waals surface area contributed by atoms with E-state index in [0.29, 0.717) is 29.5 Å². The molecular weight excluding hydrogens is 330 g/mol. The lowest BCUT2D eigenvalue weighted by Crippen LogP contribution is -2.29. The Morgan fingerprint density at radius 1 is 1.42 bits per heavy atom. The number of aromatic nitrogens is 2. The van der Waals surface area contributed by atoms with Gasteiger partial charge in [-0.15, -0.1) is 0 Å². The highest BCUT2D eigenvalue weighted by Gasteiger charge is 2.28. The van der Waals surface area contributed by atoms with Gasteiger partial charge in [0.25, 0.3) is 5.91 Å². The molecule has 7 heteroatoms. The van der Waals surface area contributed by atoms with Gasteiger partial charge in [0.2, 0.25) is 0 Å². The van der Waals surface area contributed by atoms with E-state index in [2.05, 4.69) is 10.4 Å². The SMILES string of the molecule is CC1CCC(C(=O)Nc2cc(-c3ccc(Cl)cc3)nn2CCO)O1. The summed E-state index contributed by atoms with van der Waals surface area (Å²) in [5.41, 5.74) is 1.59. The Bertz CT molecular complexity index is 714. The Balaban J connectivity index is 1.81. The molecule has 0 saturated carbocycles. The number of carbonyl (C=O) groups is 1. The van der Waals surface area contributed by atoms with Crippen LogP contribution in [0.3, 0.4) is 0 Å². The minimum atomic E-state index is -0.434. The summed E-state index contributed by atoms with van der Waals surface area (Å²) in [6, 6.07) is 9.08. The third kappa shape index (κ3) is 3.77. The molecule has 2 unspecified atom stereocenters. The standard InChI is InChI=1S/C17H20ClN3O3/c1-11-2-7-15(24-11)17(23)19-16-10-14(20-21(16)8-9-22)12-3-5-13(18)6-4-12/h3-6,10-11,15,22H,2,7-9H2,1H3,(H,19,23). The zero-order valence-electron chi connectivity index (χ0n) is 13.4. The van der Waals surface area contributed by atoms with Gasteiger partial charge in [-0.25, -0.2) is 4.68 Å². The summed E-state index contributed by atoms with van der Waals surface area (Å²) in [4.78, 5) is 12.4. The molecule has 128 valence electrons. The quantitative estimate of drug-likeness (QED) is 0.870. The van der Waals surface area contributed by atoms with Crippen LogP contribution in [0.5, 0.6) is 0 Å². The number of halogens is 1. The van der Waals surface area contributed by atoms with Crippen LogP contribution in [-0.2, 0) is 16.1 Å². The molecule has 0 radical (unpaired) electrons. The molecule has 1 saturated heterocycles. The number of carbonyl (C=O) groups excluding carboxylic acids is 1. The third-order valence-electron chi connectivity index (χ3n) is 4.01. The van der Waals surface area contributed by atoms with Gasteiger partial charge in [0, 0.05) is 16.7 Å². The molecular formula is C17H20ClN3O3. The minimum absolute atomic E-state index is 0.0679. The van der Waals surface area contributed by atoms with Crippen LogP contribution in [0.25, 0.3) is 11.3 Å². The summed E-state index contributed by atoms with van der Waals surface area (Å²) in [6.45, 7) is 2.19. The van der Waals surface area contributed by atoms with Crippen molar-refractivity contribution in [3.8, 4) is 11.3 Å². The number of hydrogen-bond acceptors (Lipinski definition) is 4. The highest BCUT2D eigenvalue weighted by molar-refractivity contribution is 6.30. The van der Waals surface area contributed by atoms with Gasteiger partial charge in [0.15, 0.2) is 0 Å². The van der Waals surface area contributed by atoms with Gasteiger partial charge in [0.05, 0.1) is 24.9 Å². The summed E-state index contributed by atoms with van der Waals surface area (Å²) < 4.78 is 7.18. The van der Waals surface area contributed by atoms with E-state index >= 15 is 0 Å². The molecule has 2 heterocycles. The first kappa shape index (κ1) is 17.0. The minimum Gasteiger partial charge on any atom is -0.394 e. The van der Waals surface area contributed by atoms with Crippen LogP contribution in [0, 0.1) is 0 Å². The van der Waals surface area contributed by atoms with Crippen LogP contribution < -0.4 is 5.32 Å². The lowest BCUT2D eigenvalue weighted by atomic mass is 10.1. The monoisotopic (exact) mass is 349 g/mol. The van der Waals surface area contributed by atoms with Crippen molar-refractivity contribution >= 4 is 23.3 Å². The molecule has 3 rings (SSSR count). The molecule has 24 heavy (non-hydrogen) atoms. The number of anilines is 1. The zero-order valence-corrected chi connectivity index (χ0v) is 14.2. The van der Waals surface area contributed by atoms with Crippen molar-refractivity contribution in [3.05, 3.63) is 35.4 Å². The van der Waals surface area contributed by atoms with Crippen molar-refractivity contribution in [2.75, 3.05) is 11.9 Å². The first-order chi connectivity index (χ1) is 11.6. The van der Waals surface area contributed by atoms with Gasteiger partial charge >= 0.3 is 0 Å². The average Bonchev–Trinajstić information content (AvgIpc) is 3.16. The number of amides is 1. The first-order valence-electron chi connectivity index (χ1n) is 7.98. The van der Waals surface area contributed by atoms with Crippen LogP contribution in [0.1, 0.15) is 19.8 Å². The fraction of sp³-hybridized carbons (Fsp3) is 0.412. The van der Waals surface area contributed by atoms with E-state index in [-0.39, 0.29) is 18.6 Å². The predicted octanol–water partition coefficient (Wildman–Crippen LogP) is 2.70. The maximum absolute atomic E-state index is 12.4. The number of benzene rings is 1. The summed E-state index contributed by atoms with van der Waals surface area (Å²) in [5, 5.41) is 17.2. The van der Waals surface area contributed by atoms with Crippen LogP contribution in [0.15, 0.2) is 30.3 Å². The number of nitrogens with zero attached hydrogens (tertiary/aromatic N) is 2. The molecule has 0 aliphatic carbocycles. The fourth-order valence-electron chi connectivity index (χ4n) is 2.75. The van der Waals surface area contributed by atoms with E-state index < -0.39 is 6.10 Å². The summed E-state index contributed by atoms with van der Waals surface area (Å²) in [6.07, 6.45) is 1.26. The Morgan fingerprint density at radius 3 is 2.79 bits per heavy atom. The van der Waals surface area contributed by atoms with Gasteiger partial charge in [-0.3, -0.25) is 4.79 Å². The average molecular weight is 350 g/mol. The van der Waals surface area contributed by atoms with E-state index in [1.807, 2.05) is 19.1 Å². The van der Waals surface area contributed by atoms with E-state index in [1.54, 1.807) is 22.9 Å². The maximum Gasteiger partial charge on any atom is 0.254 e. The second-order valence-electron chi connectivity index (χ2n) is 5.87. The molecule has 1 aliphatic rings. The number of nitrogens with one attached hydrogen (secondary N) is 1. The Hall–Kier alpha value is -1.89. The van der Waals surface area contributed by atoms with Crippen LogP contribution in [0.2, 0.25) is 5.02 Å². The smallest absolute Gasteiger partial charge is 0.254 e. The summed E-state index contributed by atoms with van der Waals surface area (Å²) in [7, 11) is 0. The zero-order chi connectivity index (χ0) is 17.1. The number of aliphatic hydroxyl groups is 1. The Labute approximate surface area is 145 Å².